The van der Waals surface area contributed by atoms with Gasteiger partial charge in [-0.2, -0.15) is 5.10 Å². The second-order valence-corrected chi connectivity index (χ2v) is 6.25. The zero-order valence-corrected chi connectivity index (χ0v) is 14.5. The van der Waals surface area contributed by atoms with E-state index in [2.05, 4.69) is 10.1 Å². The zero-order valence-electron chi connectivity index (χ0n) is 14.5. The Morgan fingerprint density at radius 1 is 1.11 bits per heavy atom. The molecule has 0 saturated heterocycles. The highest BCUT2D eigenvalue weighted by Crippen LogP contribution is 2.16. The molecule has 1 N–H and O–H groups in total. The van der Waals surface area contributed by atoms with Crippen molar-refractivity contribution >= 4 is 16.9 Å². The van der Waals surface area contributed by atoms with E-state index in [-0.39, 0.29) is 5.56 Å². The van der Waals surface area contributed by atoms with Crippen molar-refractivity contribution in [3.8, 4) is 5.69 Å². The Kier molecular flexibility index (Phi) is 4.04. The van der Waals surface area contributed by atoms with Gasteiger partial charge in [-0.25, -0.2) is 9.48 Å². The number of carboxylic acid groups (broad SMARTS) is 1. The summed E-state index contributed by atoms with van der Waals surface area (Å²) in [5.41, 5.74) is 2.79. The minimum Gasteiger partial charge on any atom is -0.477 e. The van der Waals surface area contributed by atoms with Crippen molar-refractivity contribution in [2.75, 3.05) is 0 Å². The standard InChI is InChI=1S/C20H16N4O3/c1-13-6-9-22-24(13)15-4-2-14(3-5-15)11-23-12-17(20(26)27)19(25)16-7-8-21-10-18(16)23/h2-10,12H,11H2,1H3,(H,26,27). The molecule has 7 nitrogen and oxygen atoms in total. The Balaban J connectivity index is 1.75. The zero-order chi connectivity index (χ0) is 19.0. The number of benzene rings is 1. The predicted molar refractivity (Wildman–Crippen MR) is 100 cm³/mol. The molecule has 0 spiro atoms. The van der Waals surface area contributed by atoms with Crippen LogP contribution in [0.5, 0.6) is 0 Å². The van der Waals surface area contributed by atoms with Crippen LogP contribution in [0.2, 0.25) is 0 Å². The topological polar surface area (TPSA) is 90.0 Å². The molecule has 0 aliphatic rings. The van der Waals surface area contributed by atoms with E-state index in [4.69, 9.17) is 0 Å². The van der Waals surface area contributed by atoms with E-state index in [9.17, 15) is 14.7 Å². The maximum absolute atomic E-state index is 12.4. The van der Waals surface area contributed by atoms with Crippen molar-refractivity contribution in [1.82, 2.24) is 19.3 Å². The Morgan fingerprint density at radius 3 is 2.56 bits per heavy atom. The summed E-state index contributed by atoms with van der Waals surface area (Å²) >= 11 is 0. The molecule has 3 aromatic heterocycles. The van der Waals surface area contributed by atoms with Gasteiger partial charge in [0, 0.05) is 36.2 Å². The minimum atomic E-state index is -1.24. The quantitative estimate of drug-likeness (QED) is 0.604. The van der Waals surface area contributed by atoms with Crippen LogP contribution in [0, 0.1) is 6.92 Å². The Labute approximate surface area is 154 Å². The molecule has 0 saturated carbocycles. The van der Waals surface area contributed by atoms with Crippen LogP contribution < -0.4 is 5.43 Å². The highest BCUT2D eigenvalue weighted by atomic mass is 16.4. The minimum absolute atomic E-state index is 0.252. The number of fused-ring (bicyclic) bond motifs is 1. The number of hydrogen-bond acceptors (Lipinski definition) is 4. The van der Waals surface area contributed by atoms with E-state index in [1.165, 1.54) is 12.4 Å². The van der Waals surface area contributed by atoms with Gasteiger partial charge in [-0.1, -0.05) is 12.1 Å². The highest BCUT2D eigenvalue weighted by molar-refractivity contribution is 5.92. The van der Waals surface area contributed by atoms with Crippen molar-refractivity contribution in [1.29, 1.82) is 0 Å². The molecule has 27 heavy (non-hydrogen) atoms. The molecule has 0 fully saturated rings. The summed E-state index contributed by atoms with van der Waals surface area (Å²) in [5.74, 6) is -1.24. The molecule has 4 aromatic rings. The van der Waals surface area contributed by atoms with E-state index in [0.29, 0.717) is 17.4 Å². The number of carbonyl (C=O) groups is 1. The van der Waals surface area contributed by atoms with Gasteiger partial charge in [0.05, 0.1) is 17.4 Å². The molecular weight excluding hydrogens is 344 g/mol. The number of aryl methyl sites for hydroxylation is 1. The van der Waals surface area contributed by atoms with Crippen LogP contribution in [-0.4, -0.2) is 30.4 Å². The summed E-state index contributed by atoms with van der Waals surface area (Å²) in [5, 5.41) is 14.0. The lowest BCUT2D eigenvalue weighted by Gasteiger charge is -2.13. The number of pyridine rings is 2. The summed E-state index contributed by atoms with van der Waals surface area (Å²) in [6, 6.07) is 11.3. The lowest BCUT2D eigenvalue weighted by atomic mass is 10.1. The molecule has 7 heteroatoms. The first-order valence-corrected chi connectivity index (χ1v) is 8.35. The lowest BCUT2D eigenvalue weighted by molar-refractivity contribution is 0.0695. The van der Waals surface area contributed by atoms with Gasteiger partial charge in [0.25, 0.3) is 0 Å². The second kappa shape index (κ2) is 6.53. The summed E-state index contributed by atoms with van der Waals surface area (Å²) in [7, 11) is 0. The largest absolute Gasteiger partial charge is 0.477 e. The molecule has 3 heterocycles. The van der Waals surface area contributed by atoms with Crippen LogP contribution >= 0.6 is 0 Å². The molecule has 0 unspecified atom stereocenters. The number of nitrogens with zero attached hydrogens (tertiary/aromatic N) is 4. The first-order chi connectivity index (χ1) is 13.0. The van der Waals surface area contributed by atoms with Crippen LogP contribution in [0.15, 0.2) is 66.0 Å². The van der Waals surface area contributed by atoms with E-state index in [1.54, 1.807) is 23.0 Å². The van der Waals surface area contributed by atoms with E-state index in [0.717, 1.165) is 16.9 Å². The third-order valence-electron chi connectivity index (χ3n) is 4.48. The number of aromatic nitrogens is 4. The van der Waals surface area contributed by atoms with Gasteiger partial charge in [-0.15, -0.1) is 0 Å². The number of aromatic carboxylic acids is 1. The lowest BCUT2D eigenvalue weighted by Crippen LogP contribution is -2.19. The van der Waals surface area contributed by atoms with Crippen molar-refractivity contribution in [3.05, 3.63) is 88.2 Å². The van der Waals surface area contributed by atoms with Gasteiger partial charge < -0.3 is 9.67 Å². The summed E-state index contributed by atoms with van der Waals surface area (Å²) in [6.07, 6.45) is 6.18. The smallest absolute Gasteiger partial charge is 0.341 e. The predicted octanol–water partition coefficient (Wildman–Crippen LogP) is 2.64. The molecule has 0 aliphatic carbocycles. The molecule has 0 bridgehead atoms. The molecular formula is C20H16N4O3. The number of carboxylic acids is 1. The van der Waals surface area contributed by atoms with Gasteiger partial charge in [0.1, 0.15) is 5.56 Å². The van der Waals surface area contributed by atoms with Crippen molar-refractivity contribution in [3.63, 3.8) is 0 Å². The van der Waals surface area contributed by atoms with Crippen LogP contribution in [0.4, 0.5) is 0 Å². The van der Waals surface area contributed by atoms with Gasteiger partial charge in [-0.3, -0.25) is 9.78 Å². The van der Waals surface area contributed by atoms with Crippen molar-refractivity contribution in [2.24, 2.45) is 0 Å². The SMILES string of the molecule is Cc1ccnn1-c1ccc(Cn2cc(C(=O)O)c(=O)c3ccncc32)cc1. The van der Waals surface area contributed by atoms with Gasteiger partial charge in [0.2, 0.25) is 5.43 Å². The first kappa shape index (κ1) is 16.7. The third kappa shape index (κ3) is 2.99. The van der Waals surface area contributed by atoms with Crippen molar-refractivity contribution < 1.29 is 9.90 Å². The van der Waals surface area contributed by atoms with Crippen LogP contribution in [0.3, 0.4) is 0 Å². The van der Waals surface area contributed by atoms with E-state index in [1.807, 2.05) is 41.9 Å². The maximum Gasteiger partial charge on any atom is 0.341 e. The Bertz CT molecular complexity index is 1210. The fourth-order valence-electron chi connectivity index (χ4n) is 3.10. The molecule has 0 atom stereocenters. The average molecular weight is 360 g/mol. The van der Waals surface area contributed by atoms with E-state index >= 15 is 0 Å². The van der Waals surface area contributed by atoms with Gasteiger partial charge in [-0.05, 0) is 36.8 Å². The van der Waals surface area contributed by atoms with Crippen LogP contribution in [0.1, 0.15) is 21.6 Å². The molecule has 134 valence electrons. The normalized spacial score (nSPS) is 11.0. The third-order valence-corrected chi connectivity index (χ3v) is 4.48. The highest BCUT2D eigenvalue weighted by Gasteiger charge is 2.14. The number of hydrogen-bond donors (Lipinski definition) is 1. The summed E-state index contributed by atoms with van der Waals surface area (Å²) in [4.78, 5) is 27.9. The molecule has 0 aliphatic heterocycles. The molecule has 0 amide bonds. The number of rotatable bonds is 4. The summed E-state index contributed by atoms with van der Waals surface area (Å²) < 4.78 is 3.58. The Morgan fingerprint density at radius 2 is 1.89 bits per heavy atom. The van der Waals surface area contributed by atoms with E-state index < -0.39 is 11.4 Å². The van der Waals surface area contributed by atoms with Crippen LogP contribution in [0.25, 0.3) is 16.6 Å². The fraction of sp³-hybridized carbons (Fsp3) is 0.100. The van der Waals surface area contributed by atoms with Gasteiger partial charge in [0.15, 0.2) is 0 Å². The monoisotopic (exact) mass is 360 g/mol. The van der Waals surface area contributed by atoms with Gasteiger partial charge >= 0.3 is 5.97 Å². The summed E-state index contributed by atoms with van der Waals surface area (Å²) in [6.45, 7) is 2.40. The van der Waals surface area contributed by atoms with Crippen LogP contribution in [-0.2, 0) is 6.54 Å². The fourth-order valence-corrected chi connectivity index (χ4v) is 3.10. The maximum atomic E-state index is 12.4. The second-order valence-electron chi connectivity index (χ2n) is 6.25. The molecule has 4 rings (SSSR count). The Hall–Kier alpha value is -3.74. The average Bonchev–Trinajstić information content (AvgIpc) is 3.10. The first-order valence-electron chi connectivity index (χ1n) is 8.35. The van der Waals surface area contributed by atoms with Crippen molar-refractivity contribution in [2.45, 2.75) is 13.5 Å². The molecule has 1 aromatic carbocycles. The molecule has 0 radical (unpaired) electrons.